The Bertz CT molecular complexity index is 1130. The Hall–Kier alpha value is -3.38. The highest BCUT2D eigenvalue weighted by Crippen LogP contribution is 2.38. The third kappa shape index (κ3) is 3.32. The number of nitrogens with zero attached hydrogens (tertiary/aromatic N) is 1. The average Bonchev–Trinajstić information content (AvgIpc) is 3.32. The lowest BCUT2D eigenvalue weighted by atomic mass is 10.1. The van der Waals surface area contributed by atoms with Crippen molar-refractivity contribution in [1.29, 1.82) is 0 Å². The van der Waals surface area contributed by atoms with Gasteiger partial charge in [0.05, 0.1) is 18.4 Å². The van der Waals surface area contributed by atoms with Crippen LogP contribution in [0, 0.1) is 13.8 Å². The average molecular weight is 404 g/mol. The Balaban J connectivity index is 1.82. The lowest BCUT2D eigenvalue weighted by Gasteiger charge is -2.18. The first-order chi connectivity index (χ1) is 14.0. The molecule has 0 atom stereocenters. The van der Waals surface area contributed by atoms with E-state index in [0.717, 1.165) is 21.7 Å². The third-order valence-electron chi connectivity index (χ3n) is 4.95. The molecule has 5 nitrogen and oxygen atoms in total. The second-order valence-corrected chi connectivity index (χ2v) is 7.72. The number of thiophene rings is 1. The molecule has 2 amide bonds. The van der Waals surface area contributed by atoms with Crippen LogP contribution in [0.1, 0.15) is 16.0 Å². The fourth-order valence-electron chi connectivity index (χ4n) is 3.29. The van der Waals surface area contributed by atoms with E-state index >= 15 is 0 Å². The van der Waals surface area contributed by atoms with Gasteiger partial charge < -0.3 is 10.1 Å². The van der Waals surface area contributed by atoms with Gasteiger partial charge in [0.25, 0.3) is 11.8 Å². The van der Waals surface area contributed by atoms with E-state index in [1.807, 2.05) is 49.6 Å². The number of aryl methyl sites for hydroxylation is 2. The third-order valence-corrected chi connectivity index (χ3v) is 5.84. The summed E-state index contributed by atoms with van der Waals surface area (Å²) in [5.74, 6) is -0.304. The summed E-state index contributed by atoms with van der Waals surface area (Å²) < 4.78 is 5.38. The number of benzene rings is 2. The summed E-state index contributed by atoms with van der Waals surface area (Å²) in [4.78, 5) is 28.7. The van der Waals surface area contributed by atoms with Crippen LogP contribution in [0.5, 0.6) is 5.75 Å². The predicted octanol–water partition coefficient (Wildman–Crippen LogP) is 4.77. The van der Waals surface area contributed by atoms with Crippen molar-refractivity contribution in [3.63, 3.8) is 0 Å². The van der Waals surface area contributed by atoms with Crippen LogP contribution in [-0.2, 0) is 9.59 Å². The molecule has 0 fully saturated rings. The number of nitrogens with one attached hydrogen (secondary N) is 1. The maximum atomic E-state index is 13.4. The van der Waals surface area contributed by atoms with Crippen LogP contribution in [0.2, 0.25) is 0 Å². The minimum Gasteiger partial charge on any atom is -0.495 e. The van der Waals surface area contributed by atoms with Crippen molar-refractivity contribution in [2.45, 2.75) is 13.8 Å². The number of rotatable bonds is 5. The van der Waals surface area contributed by atoms with Crippen LogP contribution in [0.3, 0.4) is 0 Å². The molecule has 0 spiro atoms. The molecule has 0 unspecified atom stereocenters. The first kappa shape index (κ1) is 19.0. The first-order valence-electron chi connectivity index (χ1n) is 9.15. The summed E-state index contributed by atoms with van der Waals surface area (Å²) in [6.45, 7) is 4.04. The first-order valence-corrected chi connectivity index (χ1v) is 10.0. The molecule has 2 aromatic carbocycles. The Morgan fingerprint density at radius 1 is 0.931 bits per heavy atom. The second kappa shape index (κ2) is 7.56. The molecular weight excluding hydrogens is 384 g/mol. The topological polar surface area (TPSA) is 58.6 Å². The number of hydrogen-bond donors (Lipinski definition) is 1. The van der Waals surface area contributed by atoms with E-state index in [0.29, 0.717) is 17.0 Å². The summed E-state index contributed by atoms with van der Waals surface area (Å²) in [7, 11) is 1.52. The molecule has 4 rings (SSSR count). The van der Waals surface area contributed by atoms with Crippen LogP contribution in [-0.4, -0.2) is 18.9 Å². The number of methoxy groups -OCH3 is 1. The molecule has 0 bridgehead atoms. The predicted molar refractivity (Wildman–Crippen MR) is 116 cm³/mol. The zero-order chi connectivity index (χ0) is 20.5. The van der Waals surface area contributed by atoms with E-state index in [1.54, 1.807) is 24.3 Å². The molecule has 0 aliphatic carbocycles. The maximum absolute atomic E-state index is 13.4. The molecule has 1 aliphatic rings. The molecular formula is C23H20N2O3S. The Labute approximate surface area is 173 Å². The standard InChI is InChI=1S/C23H20N2O3S/c1-14-10-11-16(13-15(14)2)24-21-20(19-9-6-12-29-19)22(26)25(23(21)27)17-7-4-5-8-18(17)28-3/h4-13,24H,1-3H3. The van der Waals surface area contributed by atoms with Crippen LogP contribution in [0.25, 0.3) is 5.57 Å². The zero-order valence-corrected chi connectivity index (χ0v) is 17.2. The highest BCUT2D eigenvalue weighted by molar-refractivity contribution is 7.11. The van der Waals surface area contributed by atoms with Crippen LogP contribution >= 0.6 is 11.3 Å². The van der Waals surface area contributed by atoms with Crippen LogP contribution in [0.15, 0.2) is 65.7 Å². The molecule has 1 N–H and O–H groups in total. The number of anilines is 2. The number of imide groups is 1. The molecule has 2 heterocycles. The van der Waals surface area contributed by atoms with Crippen molar-refractivity contribution in [1.82, 2.24) is 0 Å². The Morgan fingerprint density at radius 2 is 1.72 bits per heavy atom. The molecule has 6 heteroatoms. The van der Waals surface area contributed by atoms with Crippen molar-refractivity contribution >= 4 is 40.1 Å². The molecule has 0 saturated carbocycles. The smallest absolute Gasteiger partial charge is 0.282 e. The lowest BCUT2D eigenvalue weighted by Crippen LogP contribution is -2.32. The summed E-state index contributed by atoms with van der Waals surface area (Å²) in [6.07, 6.45) is 0. The number of hydrogen-bond acceptors (Lipinski definition) is 5. The number of carbonyl (C=O) groups is 2. The van der Waals surface area contributed by atoms with Crippen LogP contribution in [0.4, 0.5) is 11.4 Å². The fourth-order valence-corrected chi connectivity index (χ4v) is 4.06. The summed E-state index contributed by atoms with van der Waals surface area (Å²) in [5.41, 5.74) is 4.09. The van der Waals surface area contributed by atoms with Crippen LogP contribution < -0.4 is 15.0 Å². The van der Waals surface area contributed by atoms with Gasteiger partial charge in [-0.15, -0.1) is 11.3 Å². The van der Waals surface area contributed by atoms with Gasteiger partial charge in [-0.25, -0.2) is 4.90 Å². The van der Waals surface area contributed by atoms with Gasteiger partial charge in [-0.05, 0) is 60.7 Å². The highest BCUT2D eigenvalue weighted by atomic mass is 32.1. The highest BCUT2D eigenvalue weighted by Gasteiger charge is 2.41. The monoisotopic (exact) mass is 404 g/mol. The fraction of sp³-hybridized carbons (Fsp3) is 0.130. The van der Waals surface area contributed by atoms with E-state index in [9.17, 15) is 9.59 Å². The van der Waals surface area contributed by atoms with Crippen molar-refractivity contribution in [2.24, 2.45) is 0 Å². The molecule has 0 saturated heterocycles. The molecule has 29 heavy (non-hydrogen) atoms. The van der Waals surface area contributed by atoms with Crippen molar-refractivity contribution in [3.05, 3.63) is 81.7 Å². The lowest BCUT2D eigenvalue weighted by molar-refractivity contribution is -0.120. The molecule has 3 aromatic rings. The normalized spacial score (nSPS) is 14.0. The molecule has 1 aliphatic heterocycles. The zero-order valence-electron chi connectivity index (χ0n) is 16.4. The van der Waals surface area contributed by atoms with Gasteiger partial charge in [-0.3, -0.25) is 9.59 Å². The van der Waals surface area contributed by atoms with Crippen molar-refractivity contribution in [3.8, 4) is 5.75 Å². The van der Waals surface area contributed by atoms with Gasteiger partial charge in [0.15, 0.2) is 0 Å². The Morgan fingerprint density at radius 3 is 2.41 bits per heavy atom. The molecule has 0 radical (unpaired) electrons. The minimum atomic E-state index is -0.402. The number of para-hydroxylation sites is 2. The summed E-state index contributed by atoms with van der Waals surface area (Å²) in [5, 5.41) is 5.09. The van der Waals surface area contributed by atoms with E-state index in [-0.39, 0.29) is 11.6 Å². The Kier molecular flexibility index (Phi) is 4.94. The SMILES string of the molecule is COc1ccccc1N1C(=O)C(Nc2ccc(C)c(C)c2)=C(c2cccs2)C1=O. The van der Waals surface area contributed by atoms with Gasteiger partial charge in [0.2, 0.25) is 0 Å². The molecule has 1 aromatic heterocycles. The number of ether oxygens (including phenoxy) is 1. The van der Waals surface area contributed by atoms with Crippen molar-refractivity contribution < 1.29 is 14.3 Å². The van der Waals surface area contributed by atoms with E-state index in [1.165, 1.54) is 23.3 Å². The summed E-state index contributed by atoms with van der Waals surface area (Å²) in [6, 6.07) is 16.6. The van der Waals surface area contributed by atoms with Gasteiger partial charge in [-0.2, -0.15) is 0 Å². The van der Waals surface area contributed by atoms with E-state index in [4.69, 9.17) is 4.74 Å². The maximum Gasteiger partial charge on any atom is 0.282 e. The number of amides is 2. The van der Waals surface area contributed by atoms with Gasteiger partial charge >= 0.3 is 0 Å². The number of carbonyl (C=O) groups excluding carboxylic acids is 2. The second-order valence-electron chi connectivity index (χ2n) is 6.77. The quantitative estimate of drug-likeness (QED) is 0.623. The van der Waals surface area contributed by atoms with E-state index in [2.05, 4.69) is 5.32 Å². The van der Waals surface area contributed by atoms with E-state index < -0.39 is 5.91 Å². The van der Waals surface area contributed by atoms with Gasteiger partial charge in [-0.1, -0.05) is 24.3 Å². The minimum absolute atomic E-state index is 0.270. The van der Waals surface area contributed by atoms with Gasteiger partial charge in [0, 0.05) is 10.6 Å². The largest absolute Gasteiger partial charge is 0.495 e. The molecule has 146 valence electrons. The van der Waals surface area contributed by atoms with Gasteiger partial charge in [0.1, 0.15) is 11.4 Å². The summed E-state index contributed by atoms with van der Waals surface area (Å²) >= 11 is 1.42. The van der Waals surface area contributed by atoms with Crippen molar-refractivity contribution in [2.75, 3.05) is 17.3 Å².